The van der Waals surface area contributed by atoms with Gasteiger partial charge in [-0.05, 0) is 18.2 Å². The van der Waals surface area contributed by atoms with Crippen LogP contribution in [0, 0.1) is 0 Å². The predicted molar refractivity (Wildman–Crippen MR) is 58.3 cm³/mol. The topological polar surface area (TPSA) is 43.1 Å². The molecule has 0 aliphatic rings. The molecular formula is C9H4Cl2N4. The molecule has 0 N–H and O–H groups in total. The molecule has 0 amide bonds. The van der Waals surface area contributed by atoms with Crippen LogP contribution in [0.15, 0.2) is 24.4 Å². The molecule has 0 fully saturated rings. The first kappa shape index (κ1) is 8.88. The van der Waals surface area contributed by atoms with Crippen LogP contribution in [0.4, 0.5) is 0 Å². The fraction of sp³-hybridized carbons (Fsp3) is 0. The van der Waals surface area contributed by atoms with Gasteiger partial charge in [-0.2, -0.15) is 5.10 Å². The van der Waals surface area contributed by atoms with Crippen molar-refractivity contribution < 1.29 is 0 Å². The lowest BCUT2D eigenvalue weighted by Crippen LogP contribution is -1.88. The van der Waals surface area contributed by atoms with Crippen LogP contribution >= 0.6 is 23.2 Å². The van der Waals surface area contributed by atoms with Gasteiger partial charge in [-0.3, -0.25) is 0 Å². The molecule has 4 nitrogen and oxygen atoms in total. The Bertz CT molecular complexity index is 605. The molecule has 0 bridgehead atoms. The Hall–Kier alpha value is -1.39. The third-order valence-electron chi connectivity index (χ3n) is 2.05. The lowest BCUT2D eigenvalue weighted by atomic mass is 10.4. The maximum atomic E-state index is 5.81. The van der Waals surface area contributed by atoms with Gasteiger partial charge in [0.1, 0.15) is 21.3 Å². The van der Waals surface area contributed by atoms with Crippen LogP contribution in [0.5, 0.6) is 0 Å². The Labute approximate surface area is 94.5 Å². The lowest BCUT2D eigenvalue weighted by Gasteiger charge is -1.92. The van der Waals surface area contributed by atoms with Crippen LogP contribution in [-0.4, -0.2) is 19.6 Å². The van der Waals surface area contributed by atoms with Gasteiger partial charge >= 0.3 is 0 Å². The second-order valence-corrected chi connectivity index (χ2v) is 3.79. The third kappa shape index (κ3) is 1.33. The number of nitrogens with zero attached hydrogens (tertiary/aromatic N) is 4. The van der Waals surface area contributed by atoms with Crippen molar-refractivity contribution >= 4 is 39.9 Å². The Morgan fingerprint density at radius 2 is 1.80 bits per heavy atom. The van der Waals surface area contributed by atoms with Crippen molar-refractivity contribution in [1.29, 1.82) is 0 Å². The van der Waals surface area contributed by atoms with Crippen molar-refractivity contribution in [2.75, 3.05) is 0 Å². The highest BCUT2D eigenvalue weighted by Gasteiger charge is 2.08. The van der Waals surface area contributed by atoms with Gasteiger partial charge in [0.2, 0.25) is 0 Å². The van der Waals surface area contributed by atoms with E-state index in [1.165, 1.54) is 0 Å². The molecule has 0 radical (unpaired) electrons. The van der Waals surface area contributed by atoms with Gasteiger partial charge in [-0.25, -0.2) is 14.5 Å². The highest BCUT2D eigenvalue weighted by atomic mass is 35.5. The molecule has 0 saturated carbocycles. The molecule has 3 aromatic rings. The highest BCUT2D eigenvalue weighted by molar-refractivity contribution is 6.30. The van der Waals surface area contributed by atoms with Gasteiger partial charge in [0.05, 0.1) is 0 Å². The standard InChI is InChI=1S/C9H4Cl2N4/c10-6-2-1-5-8(12-6)9-13-7(11)3-4-15(9)14-5/h1-4H. The summed E-state index contributed by atoms with van der Waals surface area (Å²) in [6.45, 7) is 0. The van der Waals surface area contributed by atoms with Crippen molar-refractivity contribution in [3.63, 3.8) is 0 Å². The number of halogens is 2. The van der Waals surface area contributed by atoms with Crippen LogP contribution in [0.3, 0.4) is 0 Å². The molecule has 0 aliphatic heterocycles. The number of hydrogen-bond acceptors (Lipinski definition) is 3. The minimum absolute atomic E-state index is 0.408. The summed E-state index contributed by atoms with van der Waals surface area (Å²) in [5, 5.41) is 5.10. The fourth-order valence-electron chi connectivity index (χ4n) is 1.42. The zero-order valence-electron chi connectivity index (χ0n) is 7.35. The first-order chi connectivity index (χ1) is 7.24. The van der Waals surface area contributed by atoms with Gasteiger partial charge in [0.15, 0.2) is 5.65 Å². The average molecular weight is 239 g/mol. The summed E-state index contributed by atoms with van der Waals surface area (Å²) in [6.07, 6.45) is 1.74. The normalized spacial score (nSPS) is 11.3. The van der Waals surface area contributed by atoms with E-state index in [9.17, 15) is 0 Å². The van der Waals surface area contributed by atoms with Gasteiger partial charge in [-0.15, -0.1) is 0 Å². The zero-order chi connectivity index (χ0) is 10.4. The van der Waals surface area contributed by atoms with Crippen LogP contribution in [0.2, 0.25) is 10.3 Å². The van der Waals surface area contributed by atoms with Gasteiger partial charge in [0, 0.05) is 6.20 Å². The fourth-order valence-corrected chi connectivity index (χ4v) is 1.71. The second kappa shape index (κ2) is 3.05. The monoisotopic (exact) mass is 238 g/mol. The van der Waals surface area contributed by atoms with Gasteiger partial charge < -0.3 is 0 Å². The summed E-state index contributed by atoms with van der Waals surface area (Å²) in [6, 6.07) is 5.16. The quantitative estimate of drug-likeness (QED) is 0.447. The largest absolute Gasteiger partial charge is 0.230 e. The number of fused-ring (bicyclic) bond motifs is 3. The predicted octanol–water partition coefficient (Wildman–Crippen LogP) is 2.58. The third-order valence-corrected chi connectivity index (χ3v) is 2.47. The van der Waals surface area contributed by atoms with Crippen molar-refractivity contribution in [2.45, 2.75) is 0 Å². The molecule has 3 rings (SSSR count). The summed E-state index contributed by atoms with van der Waals surface area (Å²) in [4.78, 5) is 8.32. The zero-order valence-corrected chi connectivity index (χ0v) is 8.87. The van der Waals surface area contributed by atoms with Crippen LogP contribution < -0.4 is 0 Å². The molecule has 3 heterocycles. The summed E-state index contributed by atoms with van der Waals surface area (Å²) in [5.41, 5.74) is 2.01. The van der Waals surface area contributed by atoms with E-state index in [2.05, 4.69) is 15.1 Å². The summed E-state index contributed by atoms with van der Waals surface area (Å²) in [7, 11) is 0. The first-order valence-electron chi connectivity index (χ1n) is 4.21. The average Bonchev–Trinajstić information content (AvgIpc) is 2.56. The summed E-state index contributed by atoms with van der Waals surface area (Å²) >= 11 is 11.6. The van der Waals surface area contributed by atoms with E-state index in [4.69, 9.17) is 23.2 Å². The Balaban J connectivity index is 2.55. The number of rotatable bonds is 0. The molecule has 0 unspecified atom stereocenters. The Morgan fingerprint density at radius 3 is 2.67 bits per heavy atom. The SMILES string of the molecule is Clc1ccc2nn3ccc(Cl)nc3c2n1. The van der Waals surface area contributed by atoms with E-state index in [-0.39, 0.29) is 0 Å². The van der Waals surface area contributed by atoms with E-state index < -0.39 is 0 Å². The van der Waals surface area contributed by atoms with Crippen molar-refractivity contribution in [3.8, 4) is 0 Å². The molecule has 15 heavy (non-hydrogen) atoms. The molecule has 6 heteroatoms. The molecular weight excluding hydrogens is 235 g/mol. The Kier molecular flexibility index (Phi) is 1.81. The molecule has 0 saturated heterocycles. The van der Waals surface area contributed by atoms with Crippen molar-refractivity contribution in [1.82, 2.24) is 19.6 Å². The minimum Gasteiger partial charge on any atom is -0.230 e. The molecule has 3 aromatic heterocycles. The summed E-state index contributed by atoms with van der Waals surface area (Å²) < 4.78 is 1.62. The van der Waals surface area contributed by atoms with E-state index in [0.717, 1.165) is 5.52 Å². The lowest BCUT2D eigenvalue weighted by molar-refractivity contribution is 0.957. The number of pyridine rings is 1. The van der Waals surface area contributed by atoms with E-state index in [1.807, 2.05) is 0 Å². The Morgan fingerprint density at radius 1 is 1.00 bits per heavy atom. The molecule has 0 spiro atoms. The van der Waals surface area contributed by atoms with Crippen molar-refractivity contribution in [3.05, 3.63) is 34.7 Å². The summed E-state index contributed by atoms with van der Waals surface area (Å²) in [5.74, 6) is 0. The van der Waals surface area contributed by atoms with Crippen LogP contribution in [0.25, 0.3) is 16.7 Å². The van der Waals surface area contributed by atoms with E-state index >= 15 is 0 Å². The molecule has 0 aliphatic carbocycles. The van der Waals surface area contributed by atoms with Crippen molar-refractivity contribution in [2.24, 2.45) is 0 Å². The van der Waals surface area contributed by atoms with Crippen LogP contribution in [0.1, 0.15) is 0 Å². The second-order valence-electron chi connectivity index (χ2n) is 3.02. The molecule has 74 valence electrons. The van der Waals surface area contributed by atoms with E-state index in [0.29, 0.717) is 21.5 Å². The van der Waals surface area contributed by atoms with Gasteiger partial charge in [0.25, 0.3) is 0 Å². The first-order valence-corrected chi connectivity index (χ1v) is 4.97. The molecule has 0 atom stereocenters. The molecule has 0 aromatic carbocycles. The number of hydrogen-bond donors (Lipinski definition) is 0. The van der Waals surface area contributed by atoms with Gasteiger partial charge in [-0.1, -0.05) is 23.2 Å². The number of aromatic nitrogens is 4. The smallest absolute Gasteiger partial charge is 0.183 e. The highest BCUT2D eigenvalue weighted by Crippen LogP contribution is 2.19. The maximum absolute atomic E-state index is 5.81. The minimum atomic E-state index is 0.408. The van der Waals surface area contributed by atoms with Crippen LogP contribution in [-0.2, 0) is 0 Å². The maximum Gasteiger partial charge on any atom is 0.183 e. The van der Waals surface area contributed by atoms with E-state index in [1.54, 1.807) is 28.9 Å².